The van der Waals surface area contributed by atoms with Gasteiger partial charge in [-0.15, -0.1) is 0 Å². The van der Waals surface area contributed by atoms with Crippen molar-refractivity contribution in [1.82, 2.24) is 0 Å². The van der Waals surface area contributed by atoms with E-state index in [1.165, 1.54) is 37.4 Å². The maximum Gasteiger partial charge on any atom is 0.337 e. The number of carbonyl (C=O) groups excluding carboxylic acids is 2. The number of rotatable bonds is 6. The van der Waals surface area contributed by atoms with E-state index in [1.54, 1.807) is 13.0 Å². The standard InChI is InChI=1S/C18H16BrNO6/c1-3-16(21)26-14-7-4-10(8-15(14)25-2)17(22)20-13-9-11(19)5-6-12(13)18(23)24/h4-9H,3H2,1-2H3,(H,20,22)(H,23,24). The summed E-state index contributed by atoms with van der Waals surface area (Å²) in [5, 5.41) is 11.8. The molecule has 26 heavy (non-hydrogen) atoms. The third-order valence-corrected chi connectivity index (χ3v) is 3.89. The lowest BCUT2D eigenvalue weighted by Crippen LogP contribution is -2.15. The Kier molecular flexibility index (Phi) is 6.35. The highest BCUT2D eigenvalue weighted by Crippen LogP contribution is 2.29. The number of hydrogen-bond donors (Lipinski definition) is 2. The van der Waals surface area contributed by atoms with Gasteiger partial charge in [-0.25, -0.2) is 4.79 Å². The fourth-order valence-corrected chi connectivity index (χ4v) is 2.45. The molecule has 2 N–H and O–H groups in total. The number of halogens is 1. The summed E-state index contributed by atoms with van der Waals surface area (Å²) >= 11 is 3.24. The van der Waals surface area contributed by atoms with Gasteiger partial charge in [0.2, 0.25) is 0 Å². The fourth-order valence-electron chi connectivity index (χ4n) is 2.09. The van der Waals surface area contributed by atoms with Crippen LogP contribution >= 0.6 is 15.9 Å². The molecular formula is C18H16BrNO6. The Morgan fingerprint density at radius 1 is 1.12 bits per heavy atom. The van der Waals surface area contributed by atoms with Gasteiger partial charge < -0.3 is 19.9 Å². The number of esters is 1. The van der Waals surface area contributed by atoms with Crippen molar-refractivity contribution in [3.05, 3.63) is 52.0 Å². The summed E-state index contributed by atoms with van der Waals surface area (Å²) in [5.41, 5.74) is 0.328. The first-order valence-corrected chi connectivity index (χ1v) is 8.38. The molecule has 0 saturated heterocycles. The van der Waals surface area contributed by atoms with E-state index in [0.29, 0.717) is 4.47 Å². The van der Waals surface area contributed by atoms with Crippen LogP contribution in [0.4, 0.5) is 5.69 Å². The lowest BCUT2D eigenvalue weighted by molar-refractivity contribution is -0.134. The second kappa shape index (κ2) is 8.48. The SMILES string of the molecule is CCC(=O)Oc1ccc(C(=O)Nc2cc(Br)ccc2C(=O)O)cc1OC. The summed E-state index contributed by atoms with van der Waals surface area (Å²) in [6.07, 6.45) is 0.201. The van der Waals surface area contributed by atoms with E-state index in [4.69, 9.17) is 9.47 Å². The van der Waals surface area contributed by atoms with Gasteiger partial charge >= 0.3 is 11.9 Å². The number of aromatic carboxylic acids is 1. The molecule has 2 rings (SSSR count). The summed E-state index contributed by atoms with van der Waals surface area (Å²) in [6.45, 7) is 1.66. The molecule has 2 aromatic rings. The second-order valence-electron chi connectivity index (χ2n) is 5.14. The Labute approximate surface area is 158 Å². The third kappa shape index (κ3) is 4.60. The zero-order valence-electron chi connectivity index (χ0n) is 14.0. The Balaban J connectivity index is 2.29. The second-order valence-corrected chi connectivity index (χ2v) is 6.06. The van der Waals surface area contributed by atoms with E-state index in [2.05, 4.69) is 21.2 Å². The Hall–Kier alpha value is -2.87. The van der Waals surface area contributed by atoms with Gasteiger partial charge in [-0.05, 0) is 36.4 Å². The lowest BCUT2D eigenvalue weighted by atomic mass is 10.1. The molecule has 136 valence electrons. The smallest absolute Gasteiger partial charge is 0.337 e. The molecule has 7 nitrogen and oxygen atoms in total. The minimum Gasteiger partial charge on any atom is -0.493 e. The molecule has 0 aliphatic heterocycles. The number of carboxylic acid groups (broad SMARTS) is 1. The number of hydrogen-bond acceptors (Lipinski definition) is 5. The van der Waals surface area contributed by atoms with E-state index in [-0.39, 0.29) is 34.7 Å². The monoisotopic (exact) mass is 421 g/mol. The summed E-state index contributed by atoms with van der Waals surface area (Å²) in [4.78, 5) is 35.2. The molecular weight excluding hydrogens is 406 g/mol. The van der Waals surface area contributed by atoms with Gasteiger partial charge in [0.25, 0.3) is 5.91 Å². The Morgan fingerprint density at radius 2 is 1.85 bits per heavy atom. The first-order chi connectivity index (χ1) is 12.3. The van der Waals surface area contributed by atoms with E-state index >= 15 is 0 Å². The molecule has 0 atom stereocenters. The normalized spacial score (nSPS) is 10.1. The van der Waals surface area contributed by atoms with Crippen molar-refractivity contribution in [3.8, 4) is 11.5 Å². The van der Waals surface area contributed by atoms with Crippen LogP contribution in [0.5, 0.6) is 11.5 Å². The minimum atomic E-state index is -1.16. The molecule has 0 aliphatic carbocycles. The van der Waals surface area contributed by atoms with Crippen molar-refractivity contribution < 1.29 is 29.0 Å². The predicted octanol–water partition coefficient (Wildman–Crippen LogP) is 3.72. The van der Waals surface area contributed by atoms with Crippen LogP contribution in [-0.4, -0.2) is 30.1 Å². The largest absolute Gasteiger partial charge is 0.493 e. The summed E-state index contributed by atoms with van der Waals surface area (Å²) in [6, 6.07) is 8.76. The number of nitrogens with one attached hydrogen (secondary N) is 1. The van der Waals surface area contributed by atoms with Gasteiger partial charge in [-0.2, -0.15) is 0 Å². The van der Waals surface area contributed by atoms with Crippen molar-refractivity contribution in [3.63, 3.8) is 0 Å². The number of anilines is 1. The molecule has 0 aliphatic rings. The van der Waals surface area contributed by atoms with Crippen LogP contribution in [-0.2, 0) is 4.79 Å². The van der Waals surface area contributed by atoms with Gasteiger partial charge in [0.1, 0.15) is 0 Å². The van der Waals surface area contributed by atoms with Crippen LogP contribution in [0.3, 0.4) is 0 Å². The quantitative estimate of drug-likeness (QED) is 0.544. The van der Waals surface area contributed by atoms with Gasteiger partial charge in [0.15, 0.2) is 11.5 Å². The first kappa shape index (κ1) is 19.5. The summed E-state index contributed by atoms with van der Waals surface area (Å²) < 4.78 is 10.9. The van der Waals surface area contributed by atoms with Crippen LogP contribution < -0.4 is 14.8 Å². The number of methoxy groups -OCH3 is 1. The van der Waals surface area contributed by atoms with Crippen molar-refractivity contribution >= 4 is 39.5 Å². The van der Waals surface area contributed by atoms with E-state index < -0.39 is 17.8 Å². The number of benzene rings is 2. The van der Waals surface area contributed by atoms with Gasteiger partial charge in [0, 0.05) is 16.5 Å². The van der Waals surface area contributed by atoms with Crippen molar-refractivity contribution in [2.45, 2.75) is 13.3 Å². The van der Waals surface area contributed by atoms with Crippen molar-refractivity contribution in [1.29, 1.82) is 0 Å². The number of carbonyl (C=O) groups is 3. The number of carboxylic acids is 1. The van der Waals surface area contributed by atoms with Crippen LogP contribution in [0.2, 0.25) is 0 Å². The van der Waals surface area contributed by atoms with E-state index in [1.807, 2.05) is 0 Å². The van der Waals surface area contributed by atoms with E-state index in [9.17, 15) is 19.5 Å². The molecule has 0 spiro atoms. The first-order valence-electron chi connectivity index (χ1n) is 7.58. The summed E-state index contributed by atoms with van der Waals surface area (Å²) in [7, 11) is 1.39. The zero-order valence-corrected chi connectivity index (χ0v) is 15.6. The average molecular weight is 422 g/mol. The molecule has 0 saturated carbocycles. The molecule has 0 heterocycles. The molecule has 0 fully saturated rings. The van der Waals surface area contributed by atoms with Crippen LogP contribution in [0.25, 0.3) is 0 Å². The van der Waals surface area contributed by atoms with Crippen LogP contribution in [0.15, 0.2) is 40.9 Å². The van der Waals surface area contributed by atoms with Crippen molar-refractivity contribution in [2.24, 2.45) is 0 Å². The fraction of sp³-hybridized carbons (Fsp3) is 0.167. The average Bonchev–Trinajstić information content (AvgIpc) is 2.61. The molecule has 2 aromatic carbocycles. The van der Waals surface area contributed by atoms with Crippen LogP contribution in [0, 0.1) is 0 Å². The van der Waals surface area contributed by atoms with Gasteiger partial charge in [0.05, 0.1) is 18.4 Å². The Morgan fingerprint density at radius 3 is 2.46 bits per heavy atom. The Bertz CT molecular complexity index is 865. The topological polar surface area (TPSA) is 102 Å². The van der Waals surface area contributed by atoms with E-state index in [0.717, 1.165) is 0 Å². The molecule has 0 aromatic heterocycles. The van der Waals surface area contributed by atoms with Crippen LogP contribution in [0.1, 0.15) is 34.1 Å². The molecule has 1 amide bonds. The highest BCUT2D eigenvalue weighted by molar-refractivity contribution is 9.10. The molecule has 0 radical (unpaired) electrons. The molecule has 0 bridgehead atoms. The highest BCUT2D eigenvalue weighted by atomic mass is 79.9. The zero-order chi connectivity index (χ0) is 19.3. The predicted molar refractivity (Wildman–Crippen MR) is 98.0 cm³/mol. The number of ether oxygens (including phenoxy) is 2. The highest BCUT2D eigenvalue weighted by Gasteiger charge is 2.16. The lowest BCUT2D eigenvalue weighted by Gasteiger charge is -2.12. The van der Waals surface area contributed by atoms with Gasteiger partial charge in [-0.3, -0.25) is 9.59 Å². The summed E-state index contributed by atoms with van der Waals surface area (Å²) in [5.74, 6) is -1.71. The minimum absolute atomic E-state index is 0.0398. The maximum absolute atomic E-state index is 12.5. The molecule has 0 unspecified atom stereocenters. The van der Waals surface area contributed by atoms with Gasteiger partial charge in [-0.1, -0.05) is 22.9 Å². The van der Waals surface area contributed by atoms with Crippen molar-refractivity contribution in [2.75, 3.05) is 12.4 Å². The number of amides is 1. The molecule has 8 heteroatoms. The third-order valence-electron chi connectivity index (χ3n) is 3.40. The maximum atomic E-state index is 12.5.